The largest absolute Gasteiger partial charge is 0.327 e. The Morgan fingerprint density at radius 3 is 2.84 bits per heavy atom. The van der Waals surface area contributed by atoms with Crippen LogP contribution in [0.25, 0.3) is 11.5 Å². The van der Waals surface area contributed by atoms with Gasteiger partial charge in [-0.1, -0.05) is 19.1 Å². The number of carbonyl (C=O) groups is 1. The van der Waals surface area contributed by atoms with Gasteiger partial charge in [0.05, 0.1) is 6.54 Å². The molecule has 1 aliphatic carbocycles. The van der Waals surface area contributed by atoms with Crippen LogP contribution < -0.4 is 5.32 Å². The number of hydrogen-bond acceptors (Lipinski definition) is 3. The molecule has 7 nitrogen and oxygen atoms in total. The Hall–Kier alpha value is -3.09. The van der Waals surface area contributed by atoms with E-state index in [2.05, 4.69) is 41.4 Å². The van der Waals surface area contributed by atoms with Gasteiger partial charge in [0.1, 0.15) is 5.69 Å². The summed E-state index contributed by atoms with van der Waals surface area (Å²) in [5.41, 5.74) is 6.54. The minimum atomic E-state index is -0.0587. The van der Waals surface area contributed by atoms with Gasteiger partial charge in [0.2, 0.25) is 0 Å². The average molecular weight is 433 g/mol. The number of rotatable bonds is 6. The molecule has 0 saturated heterocycles. The molecule has 168 valence electrons. The number of nitrogens with one attached hydrogen (secondary N) is 1. The first kappa shape index (κ1) is 20.8. The number of carbonyl (C=O) groups excluding carboxylic acids is 1. The summed E-state index contributed by atoms with van der Waals surface area (Å²) in [7, 11) is 0. The summed E-state index contributed by atoms with van der Waals surface area (Å²) in [5, 5.41) is 8.04. The Bertz CT molecular complexity index is 1140. The number of urea groups is 1. The van der Waals surface area contributed by atoms with Crippen molar-refractivity contribution in [3.63, 3.8) is 0 Å². The van der Waals surface area contributed by atoms with Crippen molar-refractivity contribution < 1.29 is 4.79 Å². The van der Waals surface area contributed by atoms with Crippen LogP contribution in [0.5, 0.6) is 0 Å². The van der Waals surface area contributed by atoms with Gasteiger partial charge in [0, 0.05) is 54.9 Å². The van der Waals surface area contributed by atoms with E-state index in [9.17, 15) is 4.79 Å². The van der Waals surface area contributed by atoms with E-state index >= 15 is 0 Å². The van der Waals surface area contributed by atoms with Crippen molar-refractivity contribution in [1.29, 1.82) is 0 Å². The van der Waals surface area contributed by atoms with Gasteiger partial charge in [-0.25, -0.2) is 9.78 Å². The molecule has 2 aliphatic rings. The van der Waals surface area contributed by atoms with Crippen LogP contribution in [0.1, 0.15) is 49.2 Å². The summed E-state index contributed by atoms with van der Waals surface area (Å²) in [6.07, 6.45) is 6.30. The average Bonchev–Trinajstić information content (AvgIpc) is 3.46. The second-order valence-electron chi connectivity index (χ2n) is 9.02. The lowest BCUT2D eigenvalue weighted by atomic mass is 10.0. The van der Waals surface area contributed by atoms with E-state index in [1.54, 1.807) is 0 Å². The lowest BCUT2D eigenvalue weighted by molar-refractivity contribution is 0.206. The van der Waals surface area contributed by atoms with E-state index in [1.807, 2.05) is 29.3 Å². The highest BCUT2D eigenvalue weighted by atomic mass is 16.2. The molecule has 1 aliphatic heterocycles. The number of nitrogens with zero attached hydrogens (tertiary/aromatic N) is 5. The van der Waals surface area contributed by atoms with Crippen molar-refractivity contribution in [3.8, 4) is 11.5 Å². The first-order valence-electron chi connectivity index (χ1n) is 11.8. The number of aryl methyl sites for hydroxylation is 3. The zero-order chi connectivity index (χ0) is 22.2. The normalized spacial score (nSPS) is 15.7. The molecule has 1 aromatic carbocycles. The summed E-state index contributed by atoms with van der Waals surface area (Å²) in [4.78, 5) is 19.7. The van der Waals surface area contributed by atoms with Gasteiger partial charge >= 0.3 is 6.03 Å². The number of aromatic nitrogens is 4. The molecule has 1 N–H and O–H groups in total. The molecule has 5 rings (SSSR count). The molecule has 3 aromatic rings. The topological polar surface area (TPSA) is 68.0 Å². The predicted octanol–water partition coefficient (Wildman–Crippen LogP) is 4.64. The van der Waals surface area contributed by atoms with Crippen LogP contribution in [0.15, 0.2) is 30.5 Å². The Balaban J connectivity index is 1.42. The fraction of sp³-hybridized carbons (Fsp3) is 0.480. The predicted molar refractivity (Wildman–Crippen MR) is 126 cm³/mol. The number of anilines is 1. The zero-order valence-electron chi connectivity index (χ0n) is 19.3. The lowest BCUT2D eigenvalue weighted by Gasteiger charge is -2.28. The summed E-state index contributed by atoms with van der Waals surface area (Å²) in [5.74, 6) is 1.70. The standard InChI is InChI=1S/C25H32N6O/c1-4-18-7-6-8-20(13-18)27-25(32)29-12-11-22-21(16-29)23(28-31(22)5-2)24-26-14-17(3)30(24)15-19-9-10-19/h6-8,13-14,19H,4-5,9-12,15-16H2,1-3H3,(H,27,32). The molecule has 32 heavy (non-hydrogen) atoms. The molecule has 0 spiro atoms. The van der Waals surface area contributed by atoms with E-state index in [0.29, 0.717) is 13.1 Å². The molecule has 2 amide bonds. The molecule has 1 fully saturated rings. The SMILES string of the molecule is CCc1cccc(NC(=O)N2CCc3c(c(-c4ncc(C)n4CC4CC4)nn3CC)C2)c1. The molecular weight excluding hydrogens is 400 g/mol. The molecule has 0 atom stereocenters. The fourth-order valence-corrected chi connectivity index (χ4v) is 4.62. The number of imidazole rings is 1. The second kappa shape index (κ2) is 8.45. The number of benzene rings is 1. The maximum atomic E-state index is 13.1. The van der Waals surface area contributed by atoms with E-state index in [0.717, 1.165) is 54.6 Å². The number of hydrogen-bond donors (Lipinski definition) is 1. The smallest absolute Gasteiger partial charge is 0.322 e. The molecule has 1 saturated carbocycles. The van der Waals surface area contributed by atoms with Crippen molar-refractivity contribution in [3.05, 3.63) is 53.0 Å². The minimum absolute atomic E-state index is 0.0587. The molecular formula is C25H32N6O. The van der Waals surface area contributed by atoms with Gasteiger partial charge in [-0.05, 0) is 56.7 Å². The maximum Gasteiger partial charge on any atom is 0.322 e. The van der Waals surface area contributed by atoms with Gasteiger partial charge in [0.25, 0.3) is 0 Å². The van der Waals surface area contributed by atoms with Gasteiger partial charge in [-0.3, -0.25) is 4.68 Å². The Morgan fingerprint density at radius 2 is 2.09 bits per heavy atom. The van der Waals surface area contributed by atoms with Crippen LogP contribution in [0.4, 0.5) is 10.5 Å². The van der Waals surface area contributed by atoms with Gasteiger partial charge < -0.3 is 14.8 Å². The van der Waals surface area contributed by atoms with E-state index in [4.69, 9.17) is 10.1 Å². The summed E-state index contributed by atoms with van der Waals surface area (Å²) in [6.45, 7) is 9.43. The highest BCUT2D eigenvalue weighted by molar-refractivity contribution is 5.89. The summed E-state index contributed by atoms with van der Waals surface area (Å²) < 4.78 is 4.41. The van der Waals surface area contributed by atoms with Crippen LogP contribution in [0.3, 0.4) is 0 Å². The van der Waals surface area contributed by atoms with Crippen LogP contribution in [0, 0.1) is 12.8 Å². The first-order valence-corrected chi connectivity index (χ1v) is 11.8. The Morgan fingerprint density at radius 1 is 1.25 bits per heavy atom. The quantitative estimate of drug-likeness (QED) is 0.617. The third-order valence-electron chi connectivity index (χ3n) is 6.71. The molecule has 7 heteroatoms. The van der Waals surface area contributed by atoms with Crippen molar-refractivity contribution >= 4 is 11.7 Å². The van der Waals surface area contributed by atoms with Gasteiger partial charge in [-0.15, -0.1) is 0 Å². The molecule has 3 heterocycles. The van der Waals surface area contributed by atoms with Crippen LogP contribution in [-0.4, -0.2) is 36.8 Å². The van der Waals surface area contributed by atoms with E-state index < -0.39 is 0 Å². The number of amides is 2. The van der Waals surface area contributed by atoms with Crippen molar-refractivity contribution in [1.82, 2.24) is 24.2 Å². The third-order valence-corrected chi connectivity index (χ3v) is 6.71. The fourth-order valence-electron chi connectivity index (χ4n) is 4.62. The first-order chi connectivity index (χ1) is 15.6. The zero-order valence-corrected chi connectivity index (χ0v) is 19.3. The van der Waals surface area contributed by atoms with Crippen LogP contribution >= 0.6 is 0 Å². The van der Waals surface area contributed by atoms with E-state index in [1.165, 1.54) is 29.8 Å². The van der Waals surface area contributed by atoms with Gasteiger partial charge in [0.15, 0.2) is 5.82 Å². The summed E-state index contributed by atoms with van der Waals surface area (Å²) in [6, 6.07) is 8.01. The molecule has 2 aromatic heterocycles. The molecule has 0 bridgehead atoms. The third kappa shape index (κ3) is 3.92. The highest BCUT2D eigenvalue weighted by Crippen LogP contribution is 2.35. The lowest BCUT2D eigenvalue weighted by Crippen LogP contribution is -2.39. The van der Waals surface area contributed by atoms with E-state index in [-0.39, 0.29) is 6.03 Å². The van der Waals surface area contributed by atoms with Crippen molar-refractivity contribution in [2.45, 2.75) is 66.1 Å². The second-order valence-corrected chi connectivity index (χ2v) is 9.02. The van der Waals surface area contributed by atoms with Gasteiger partial charge in [-0.2, -0.15) is 5.10 Å². The Labute approximate surface area is 189 Å². The molecule has 0 unspecified atom stereocenters. The minimum Gasteiger partial charge on any atom is -0.327 e. The van der Waals surface area contributed by atoms with Crippen LogP contribution in [-0.2, 0) is 32.5 Å². The maximum absolute atomic E-state index is 13.1. The number of fused-ring (bicyclic) bond motifs is 1. The summed E-state index contributed by atoms with van der Waals surface area (Å²) >= 11 is 0. The monoisotopic (exact) mass is 432 g/mol. The highest BCUT2D eigenvalue weighted by Gasteiger charge is 2.31. The molecule has 0 radical (unpaired) electrons. The van der Waals surface area contributed by atoms with Crippen molar-refractivity contribution in [2.75, 3.05) is 11.9 Å². The van der Waals surface area contributed by atoms with Crippen LogP contribution in [0.2, 0.25) is 0 Å². The van der Waals surface area contributed by atoms with Crippen molar-refractivity contribution in [2.24, 2.45) is 5.92 Å². The Kier molecular flexibility index (Phi) is 5.49.